The number of ether oxygens (including phenoxy) is 1. The van der Waals surface area contributed by atoms with Gasteiger partial charge in [-0.1, -0.05) is 61.1 Å². The van der Waals surface area contributed by atoms with E-state index < -0.39 is 23.5 Å². The van der Waals surface area contributed by atoms with Crippen LogP contribution in [0.5, 0.6) is 5.75 Å². The minimum Gasteiger partial charge on any atom is -0.503 e. The van der Waals surface area contributed by atoms with E-state index in [1.54, 1.807) is 12.1 Å². The number of carbonyl (C=O) groups excluding carboxylic acids is 2. The minimum atomic E-state index is -0.903. The van der Waals surface area contributed by atoms with Crippen LogP contribution in [-0.4, -0.2) is 28.4 Å². The third-order valence-corrected chi connectivity index (χ3v) is 8.09. The van der Waals surface area contributed by atoms with Crippen LogP contribution in [0.25, 0.3) is 21.2 Å². The van der Waals surface area contributed by atoms with Gasteiger partial charge in [-0.15, -0.1) is 0 Å². The number of hydrogen-bond acceptors (Lipinski definition) is 7. The first-order valence-electron chi connectivity index (χ1n) is 13.3. The van der Waals surface area contributed by atoms with Gasteiger partial charge in [0.15, 0.2) is 16.7 Å². The molecule has 1 amide bonds. The molecule has 0 bridgehead atoms. The molecule has 40 heavy (non-hydrogen) atoms. The molecule has 1 N–H and O–H groups in total. The molecule has 202 valence electrons. The quantitative estimate of drug-likeness (QED) is 0.157. The minimum absolute atomic E-state index is 0.0455. The summed E-state index contributed by atoms with van der Waals surface area (Å²) < 4.78 is 12.6. The number of furan rings is 1. The van der Waals surface area contributed by atoms with E-state index in [4.69, 9.17) is 14.1 Å². The highest BCUT2D eigenvalue weighted by atomic mass is 32.1. The number of amides is 1. The van der Waals surface area contributed by atoms with Crippen molar-refractivity contribution in [3.63, 3.8) is 0 Å². The van der Waals surface area contributed by atoms with Crippen molar-refractivity contribution in [2.75, 3.05) is 11.5 Å². The summed E-state index contributed by atoms with van der Waals surface area (Å²) in [7, 11) is 0. The summed E-state index contributed by atoms with van der Waals surface area (Å²) in [5.74, 6) is -1.09. The Labute approximate surface area is 235 Å². The number of fused-ring (bicyclic) bond motifs is 2. The first-order valence-corrected chi connectivity index (χ1v) is 14.1. The number of ketones is 1. The molecular weight excluding hydrogens is 524 g/mol. The lowest BCUT2D eigenvalue weighted by Crippen LogP contribution is -2.30. The SMILES string of the molecule is CCCCOc1ccc(C2C(C(=O)c3cc4ccccc4o3)=C(O)C(=O)N2c2nc3c(C)cc(C)cc3s2)cc1. The van der Waals surface area contributed by atoms with Crippen molar-refractivity contribution in [3.8, 4) is 5.75 Å². The zero-order valence-electron chi connectivity index (χ0n) is 22.4. The largest absolute Gasteiger partial charge is 0.503 e. The van der Waals surface area contributed by atoms with Crippen molar-refractivity contribution < 1.29 is 23.8 Å². The third-order valence-electron chi connectivity index (χ3n) is 7.09. The van der Waals surface area contributed by atoms with Crippen LogP contribution in [0.1, 0.15) is 53.1 Å². The Morgan fingerprint density at radius 2 is 1.88 bits per heavy atom. The number of thiazole rings is 1. The maximum absolute atomic E-state index is 13.9. The van der Waals surface area contributed by atoms with Crippen molar-refractivity contribution in [2.24, 2.45) is 0 Å². The molecule has 0 saturated carbocycles. The number of benzene rings is 3. The fourth-order valence-corrected chi connectivity index (χ4v) is 6.29. The molecule has 0 fully saturated rings. The number of para-hydroxylation sites is 1. The molecule has 5 aromatic rings. The molecule has 6 rings (SSSR count). The Morgan fingerprint density at radius 1 is 1.10 bits per heavy atom. The van der Waals surface area contributed by atoms with Gasteiger partial charge in [-0.05, 0) is 67.3 Å². The van der Waals surface area contributed by atoms with Crippen LogP contribution in [-0.2, 0) is 4.79 Å². The molecule has 0 spiro atoms. The summed E-state index contributed by atoms with van der Waals surface area (Å²) >= 11 is 1.35. The van der Waals surface area contributed by atoms with E-state index in [2.05, 4.69) is 6.92 Å². The molecule has 1 unspecified atom stereocenters. The molecule has 1 aliphatic rings. The zero-order chi connectivity index (χ0) is 28.0. The maximum Gasteiger partial charge on any atom is 0.296 e. The number of hydrogen-bond donors (Lipinski definition) is 1. The number of anilines is 1. The lowest BCUT2D eigenvalue weighted by Gasteiger charge is -2.24. The van der Waals surface area contributed by atoms with Gasteiger partial charge in [0.05, 0.1) is 28.4 Å². The number of aryl methyl sites for hydroxylation is 2. The Hall–Kier alpha value is -4.43. The van der Waals surface area contributed by atoms with Gasteiger partial charge in [-0.2, -0.15) is 0 Å². The van der Waals surface area contributed by atoms with E-state index in [0.29, 0.717) is 28.6 Å². The number of Topliss-reactive ketones (excluding diaryl/α,β-unsaturated/α-hetero) is 1. The molecule has 3 heterocycles. The normalized spacial score (nSPS) is 15.5. The van der Waals surface area contributed by atoms with Crippen molar-refractivity contribution in [2.45, 2.75) is 39.7 Å². The van der Waals surface area contributed by atoms with Crippen LogP contribution < -0.4 is 9.64 Å². The first kappa shape index (κ1) is 25.8. The summed E-state index contributed by atoms with van der Waals surface area (Å²) in [5.41, 5.74) is 4.01. The highest BCUT2D eigenvalue weighted by Crippen LogP contribution is 2.45. The van der Waals surface area contributed by atoms with Crippen LogP contribution in [0, 0.1) is 13.8 Å². The number of aliphatic hydroxyl groups is 1. The molecule has 1 atom stereocenters. The summed E-state index contributed by atoms with van der Waals surface area (Å²) in [6.07, 6.45) is 1.96. The number of aliphatic hydroxyl groups excluding tert-OH is 1. The van der Waals surface area contributed by atoms with Crippen LogP contribution >= 0.6 is 11.3 Å². The van der Waals surface area contributed by atoms with Gasteiger partial charge in [-0.3, -0.25) is 14.5 Å². The van der Waals surface area contributed by atoms with Gasteiger partial charge in [0, 0.05) is 5.39 Å². The van der Waals surface area contributed by atoms with Gasteiger partial charge in [0.1, 0.15) is 11.3 Å². The first-order chi connectivity index (χ1) is 19.4. The zero-order valence-corrected chi connectivity index (χ0v) is 23.2. The molecule has 3 aromatic carbocycles. The maximum atomic E-state index is 13.9. The Balaban J connectivity index is 1.46. The van der Waals surface area contributed by atoms with Crippen molar-refractivity contribution >= 4 is 49.3 Å². The summed E-state index contributed by atoms with van der Waals surface area (Å²) in [6, 6.07) is 19.4. The van der Waals surface area contributed by atoms with Crippen molar-refractivity contribution in [1.82, 2.24) is 4.98 Å². The van der Waals surface area contributed by atoms with Gasteiger partial charge < -0.3 is 14.3 Å². The molecule has 1 aliphatic heterocycles. The highest BCUT2D eigenvalue weighted by Gasteiger charge is 2.46. The van der Waals surface area contributed by atoms with E-state index >= 15 is 0 Å². The number of unbranched alkanes of at least 4 members (excludes halogenated alkanes) is 1. The molecule has 7 nitrogen and oxygen atoms in total. The van der Waals surface area contributed by atoms with Crippen molar-refractivity contribution in [1.29, 1.82) is 0 Å². The van der Waals surface area contributed by atoms with Gasteiger partial charge in [-0.25, -0.2) is 4.98 Å². The lowest BCUT2D eigenvalue weighted by molar-refractivity contribution is -0.117. The fourth-order valence-electron chi connectivity index (χ4n) is 5.12. The summed E-state index contributed by atoms with van der Waals surface area (Å²) in [5, 5.41) is 12.3. The molecule has 0 aliphatic carbocycles. The summed E-state index contributed by atoms with van der Waals surface area (Å²) in [6.45, 7) is 6.69. The number of nitrogens with zero attached hydrogens (tertiary/aromatic N) is 2. The Bertz CT molecular complexity index is 1760. The van der Waals surface area contributed by atoms with Crippen molar-refractivity contribution in [3.05, 3.63) is 101 Å². The molecular formula is C32H28N2O5S. The van der Waals surface area contributed by atoms with Crippen LogP contribution in [0.15, 0.2) is 82.5 Å². The second kappa shape index (κ2) is 10.3. The van der Waals surface area contributed by atoms with E-state index in [9.17, 15) is 14.7 Å². The second-order valence-corrected chi connectivity index (χ2v) is 11.0. The van der Waals surface area contributed by atoms with E-state index in [1.165, 1.54) is 16.2 Å². The predicted octanol–water partition coefficient (Wildman–Crippen LogP) is 7.62. The summed E-state index contributed by atoms with van der Waals surface area (Å²) in [4.78, 5) is 33.8. The van der Waals surface area contributed by atoms with Crippen LogP contribution in [0.3, 0.4) is 0 Å². The van der Waals surface area contributed by atoms with Gasteiger partial charge in [0.2, 0.25) is 5.78 Å². The average Bonchev–Trinajstić information content (AvgIpc) is 3.63. The van der Waals surface area contributed by atoms with E-state index in [0.717, 1.165) is 39.6 Å². The highest BCUT2D eigenvalue weighted by molar-refractivity contribution is 7.22. The number of carbonyl (C=O) groups is 2. The van der Waals surface area contributed by atoms with Crippen LogP contribution in [0.2, 0.25) is 0 Å². The third kappa shape index (κ3) is 4.44. The fraction of sp³-hybridized carbons (Fsp3) is 0.219. The van der Waals surface area contributed by atoms with Gasteiger partial charge in [0.25, 0.3) is 5.91 Å². The predicted molar refractivity (Wildman–Crippen MR) is 156 cm³/mol. The van der Waals surface area contributed by atoms with Gasteiger partial charge >= 0.3 is 0 Å². The van der Waals surface area contributed by atoms with Crippen LogP contribution in [0.4, 0.5) is 5.13 Å². The Morgan fingerprint density at radius 3 is 2.62 bits per heavy atom. The smallest absolute Gasteiger partial charge is 0.296 e. The number of aromatic nitrogens is 1. The molecule has 0 saturated heterocycles. The second-order valence-electron chi connectivity index (χ2n) is 10.0. The number of rotatable bonds is 8. The average molecular weight is 553 g/mol. The van der Waals surface area contributed by atoms with E-state index in [1.807, 2.05) is 68.4 Å². The monoisotopic (exact) mass is 552 g/mol. The molecule has 0 radical (unpaired) electrons. The molecule has 8 heteroatoms. The molecule has 2 aromatic heterocycles. The topological polar surface area (TPSA) is 92.9 Å². The lowest BCUT2D eigenvalue weighted by atomic mass is 9.95. The Kier molecular flexibility index (Phi) is 6.64. The standard InChI is InChI=1S/C32H28N2O5S/c1-4-5-14-38-22-12-10-20(11-13-22)28-26(29(35)24-17-21-8-6-7-9-23(21)39-24)30(36)31(37)34(28)32-33-27-19(3)15-18(2)16-25(27)40-32/h6-13,15-17,28,36H,4-5,14H2,1-3H3. The van der Waals surface area contributed by atoms with E-state index in [-0.39, 0.29) is 11.3 Å².